The molecule has 2 aromatic heterocycles. The summed E-state index contributed by atoms with van der Waals surface area (Å²) in [5.74, 6) is 0.319. The molecule has 1 aromatic carbocycles. The van der Waals surface area contributed by atoms with E-state index >= 15 is 0 Å². The molecule has 114 valence electrons. The lowest BCUT2D eigenvalue weighted by Gasteiger charge is -2.06. The number of benzene rings is 1. The quantitative estimate of drug-likeness (QED) is 0.807. The molecule has 0 saturated heterocycles. The SMILES string of the molecule is Cc1nn(CC(=O)Nc2nc3ccccc3n2C)c(C)c1Cl. The van der Waals surface area contributed by atoms with E-state index < -0.39 is 0 Å². The first-order chi connectivity index (χ1) is 10.5. The van der Waals surface area contributed by atoms with E-state index in [1.807, 2.05) is 49.7 Å². The Balaban J connectivity index is 1.81. The standard InChI is InChI=1S/C15H16ClN5O/c1-9-14(16)10(2)21(19-9)8-13(22)18-15-17-11-6-4-5-7-12(11)20(15)3/h4-7H,8H2,1-3H3,(H,17,18,22). The van der Waals surface area contributed by atoms with Crippen LogP contribution in [0.25, 0.3) is 11.0 Å². The molecule has 1 amide bonds. The van der Waals surface area contributed by atoms with Crippen LogP contribution in [0, 0.1) is 13.8 Å². The van der Waals surface area contributed by atoms with Gasteiger partial charge in [-0.1, -0.05) is 23.7 Å². The summed E-state index contributed by atoms with van der Waals surface area (Å²) in [7, 11) is 1.87. The largest absolute Gasteiger partial charge is 0.313 e. The summed E-state index contributed by atoms with van der Waals surface area (Å²) in [5, 5.41) is 7.66. The van der Waals surface area contributed by atoms with Crippen LogP contribution >= 0.6 is 11.6 Å². The molecule has 6 nitrogen and oxygen atoms in total. The van der Waals surface area contributed by atoms with Crippen LogP contribution in [-0.2, 0) is 18.4 Å². The Bertz CT molecular complexity index is 864. The predicted molar refractivity (Wildman–Crippen MR) is 86.1 cm³/mol. The lowest BCUT2D eigenvalue weighted by atomic mass is 10.3. The smallest absolute Gasteiger partial charge is 0.248 e. The topological polar surface area (TPSA) is 64.7 Å². The average Bonchev–Trinajstić information content (AvgIpc) is 2.92. The number of halogens is 1. The van der Waals surface area contributed by atoms with E-state index in [0.717, 1.165) is 22.4 Å². The van der Waals surface area contributed by atoms with Gasteiger partial charge in [-0.3, -0.25) is 14.8 Å². The summed E-state index contributed by atoms with van der Waals surface area (Å²) < 4.78 is 3.44. The van der Waals surface area contributed by atoms with Crippen molar-refractivity contribution in [2.75, 3.05) is 5.32 Å². The average molecular weight is 318 g/mol. The van der Waals surface area contributed by atoms with Crippen LogP contribution in [0.2, 0.25) is 5.02 Å². The van der Waals surface area contributed by atoms with E-state index in [4.69, 9.17) is 11.6 Å². The van der Waals surface area contributed by atoms with Gasteiger partial charge >= 0.3 is 0 Å². The maximum Gasteiger partial charge on any atom is 0.248 e. The third kappa shape index (κ3) is 2.46. The number of aryl methyl sites for hydroxylation is 2. The number of aromatic nitrogens is 4. The second-order valence-corrected chi connectivity index (χ2v) is 5.55. The molecule has 0 aliphatic heterocycles. The second kappa shape index (κ2) is 5.46. The number of nitrogens with zero attached hydrogens (tertiary/aromatic N) is 4. The van der Waals surface area contributed by atoms with Crippen molar-refractivity contribution in [2.45, 2.75) is 20.4 Å². The zero-order valence-electron chi connectivity index (χ0n) is 12.6. The Morgan fingerprint density at radius 3 is 2.68 bits per heavy atom. The van der Waals surface area contributed by atoms with E-state index in [1.54, 1.807) is 4.68 Å². The van der Waals surface area contributed by atoms with Crippen LogP contribution in [0.3, 0.4) is 0 Å². The Morgan fingerprint density at radius 2 is 2.05 bits per heavy atom. The molecule has 0 aliphatic rings. The molecule has 2 heterocycles. The summed E-state index contributed by atoms with van der Waals surface area (Å²) in [6, 6.07) is 7.72. The molecule has 7 heteroatoms. The van der Waals surface area contributed by atoms with Gasteiger partial charge in [-0.2, -0.15) is 5.10 Å². The molecule has 0 fully saturated rings. The normalized spacial score (nSPS) is 11.1. The summed E-state index contributed by atoms with van der Waals surface area (Å²) in [5.41, 5.74) is 3.30. The number of rotatable bonds is 3. The zero-order valence-corrected chi connectivity index (χ0v) is 13.3. The number of amides is 1. The number of anilines is 1. The molecule has 3 rings (SSSR count). The van der Waals surface area contributed by atoms with Gasteiger partial charge in [0.05, 0.1) is 27.4 Å². The van der Waals surface area contributed by atoms with Crippen LogP contribution in [0.5, 0.6) is 0 Å². The molecule has 3 aromatic rings. The summed E-state index contributed by atoms with van der Waals surface area (Å²) in [6.07, 6.45) is 0. The number of hydrogen-bond acceptors (Lipinski definition) is 3. The van der Waals surface area contributed by atoms with E-state index in [9.17, 15) is 4.79 Å². The van der Waals surface area contributed by atoms with Gasteiger partial charge in [-0.15, -0.1) is 0 Å². The third-order valence-electron chi connectivity index (χ3n) is 3.62. The molecule has 0 unspecified atom stereocenters. The maximum atomic E-state index is 12.2. The number of nitrogens with one attached hydrogen (secondary N) is 1. The molecule has 0 bridgehead atoms. The number of carbonyl (C=O) groups is 1. The van der Waals surface area contributed by atoms with Gasteiger partial charge < -0.3 is 4.57 Å². The highest BCUT2D eigenvalue weighted by Crippen LogP contribution is 2.20. The van der Waals surface area contributed by atoms with Gasteiger partial charge in [0.15, 0.2) is 0 Å². The molecule has 22 heavy (non-hydrogen) atoms. The molecule has 0 saturated carbocycles. The van der Waals surface area contributed by atoms with Gasteiger partial charge in [0.1, 0.15) is 6.54 Å². The predicted octanol–water partition coefficient (Wildman–Crippen LogP) is 2.68. The zero-order chi connectivity index (χ0) is 15.9. The molecule has 0 aliphatic carbocycles. The molecule has 0 atom stereocenters. The first-order valence-corrected chi connectivity index (χ1v) is 7.26. The minimum absolute atomic E-state index is 0.0998. The Morgan fingerprint density at radius 1 is 1.32 bits per heavy atom. The summed E-state index contributed by atoms with van der Waals surface area (Å²) in [4.78, 5) is 16.6. The lowest BCUT2D eigenvalue weighted by molar-refractivity contribution is -0.117. The van der Waals surface area contributed by atoms with E-state index in [-0.39, 0.29) is 12.5 Å². The van der Waals surface area contributed by atoms with Crippen molar-refractivity contribution in [3.63, 3.8) is 0 Å². The highest BCUT2D eigenvalue weighted by Gasteiger charge is 2.14. The van der Waals surface area contributed by atoms with Crippen molar-refractivity contribution in [3.8, 4) is 0 Å². The number of para-hydroxylation sites is 2. The molecule has 1 N–H and O–H groups in total. The minimum atomic E-state index is -0.194. The first kappa shape index (κ1) is 14.6. The molecular formula is C15H16ClN5O. The van der Waals surface area contributed by atoms with Gasteiger partial charge in [0, 0.05) is 7.05 Å². The fourth-order valence-corrected chi connectivity index (χ4v) is 2.52. The van der Waals surface area contributed by atoms with Gasteiger partial charge in [0.2, 0.25) is 11.9 Å². The minimum Gasteiger partial charge on any atom is -0.313 e. The maximum absolute atomic E-state index is 12.2. The summed E-state index contributed by atoms with van der Waals surface area (Å²) >= 11 is 6.09. The third-order valence-corrected chi connectivity index (χ3v) is 4.17. The number of imidazole rings is 1. The van der Waals surface area contributed by atoms with Crippen molar-refractivity contribution in [1.29, 1.82) is 0 Å². The monoisotopic (exact) mass is 317 g/mol. The second-order valence-electron chi connectivity index (χ2n) is 5.17. The van der Waals surface area contributed by atoms with Crippen molar-refractivity contribution in [3.05, 3.63) is 40.7 Å². The van der Waals surface area contributed by atoms with Crippen LogP contribution in [0.4, 0.5) is 5.95 Å². The Kier molecular flexibility index (Phi) is 3.62. The van der Waals surface area contributed by atoms with Gasteiger partial charge in [-0.25, -0.2) is 4.98 Å². The van der Waals surface area contributed by atoms with Crippen molar-refractivity contribution >= 4 is 34.5 Å². The lowest BCUT2D eigenvalue weighted by Crippen LogP contribution is -2.22. The van der Waals surface area contributed by atoms with Crippen LogP contribution in [-0.4, -0.2) is 25.2 Å². The summed E-state index contributed by atoms with van der Waals surface area (Å²) in [6.45, 7) is 3.75. The highest BCUT2D eigenvalue weighted by atomic mass is 35.5. The highest BCUT2D eigenvalue weighted by molar-refractivity contribution is 6.31. The fourth-order valence-electron chi connectivity index (χ4n) is 2.39. The number of hydrogen-bond donors (Lipinski definition) is 1. The van der Waals surface area contributed by atoms with Crippen molar-refractivity contribution < 1.29 is 4.79 Å². The van der Waals surface area contributed by atoms with E-state index in [1.165, 1.54) is 0 Å². The number of carbonyl (C=O) groups excluding carboxylic acids is 1. The Labute approximate surface area is 132 Å². The fraction of sp³-hybridized carbons (Fsp3) is 0.267. The van der Waals surface area contributed by atoms with Crippen LogP contribution in [0.15, 0.2) is 24.3 Å². The molecule has 0 spiro atoms. The molecule has 0 radical (unpaired) electrons. The van der Waals surface area contributed by atoms with Crippen LogP contribution in [0.1, 0.15) is 11.4 Å². The Hall–Kier alpha value is -2.34. The first-order valence-electron chi connectivity index (χ1n) is 6.88. The van der Waals surface area contributed by atoms with Crippen LogP contribution < -0.4 is 5.32 Å². The van der Waals surface area contributed by atoms with E-state index in [0.29, 0.717) is 11.0 Å². The van der Waals surface area contributed by atoms with Crippen molar-refractivity contribution in [1.82, 2.24) is 19.3 Å². The number of fused-ring (bicyclic) bond motifs is 1. The van der Waals surface area contributed by atoms with E-state index in [2.05, 4.69) is 15.4 Å². The molecular weight excluding hydrogens is 302 g/mol. The van der Waals surface area contributed by atoms with Gasteiger partial charge in [0.25, 0.3) is 0 Å². The van der Waals surface area contributed by atoms with Gasteiger partial charge in [-0.05, 0) is 26.0 Å². The van der Waals surface area contributed by atoms with Crippen molar-refractivity contribution in [2.24, 2.45) is 7.05 Å².